The molecule has 6 heteroatoms. The highest BCUT2D eigenvalue weighted by atomic mass is 16.2. The number of likely N-dealkylation sites (N-methyl/N-ethyl adjacent to an activating group) is 1. The molecular weight excluding hydrogens is 446 g/mol. The van der Waals surface area contributed by atoms with E-state index in [2.05, 4.69) is 85.2 Å². The lowest BCUT2D eigenvalue weighted by molar-refractivity contribution is -0.133. The number of aromatic amines is 2. The van der Waals surface area contributed by atoms with Gasteiger partial charge < -0.3 is 15.2 Å². The van der Waals surface area contributed by atoms with E-state index in [1.165, 1.54) is 36.1 Å². The Morgan fingerprint density at radius 2 is 2.08 bits per heavy atom. The minimum Gasteiger partial charge on any atom is -0.356 e. The van der Waals surface area contributed by atoms with E-state index in [0.29, 0.717) is 12.3 Å². The molecule has 36 heavy (non-hydrogen) atoms. The molecule has 3 rings (SSSR count). The number of hydrogen-bond acceptors (Lipinski definition) is 3. The summed E-state index contributed by atoms with van der Waals surface area (Å²) in [5.41, 5.74) is 7.22. The molecule has 1 aliphatic rings. The van der Waals surface area contributed by atoms with E-state index < -0.39 is 0 Å². The fraction of sp³-hybridized carbons (Fsp3) is 0.667. The number of aryl methyl sites for hydroxylation is 1. The molecule has 0 saturated carbocycles. The number of amides is 1. The summed E-state index contributed by atoms with van der Waals surface area (Å²) in [6.07, 6.45) is 12.8. The van der Waals surface area contributed by atoms with E-state index in [0.717, 1.165) is 55.9 Å². The van der Waals surface area contributed by atoms with Crippen LogP contribution in [0, 0.1) is 18.3 Å². The minimum absolute atomic E-state index is 0.0778. The summed E-state index contributed by atoms with van der Waals surface area (Å²) >= 11 is 0. The maximum absolute atomic E-state index is 13.4. The first-order valence-electron chi connectivity index (χ1n) is 14.0. The quantitative estimate of drug-likeness (QED) is 0.286. The Kier molecular flexibility index (Phi) is 10.0. The molecule has 0 saturated heterocycles. The maximum atomic E-state index is 13.4. The Morgan fingerprint density at radius 3 is 2.78 bits per heavy atom. The summed E-state index contributed by atoms with van der Waals surface area (Å²) in [4.78, 5) is 19.1. The van der Waals surface area contributed by atoms with Crippen molar-refractivity contribution in [1.82, 2.24) is 25.4 Å². The lowest BCUT2D eigenvalue weighted by atomic mass is 9.88. The second-order valence-electron chi connectivity index (χ2n) is 12.0. The van der Waals surface area contributed by atoms with Gasteiger partial charge in [0.2, 0.25) is 5.91 Å². The molecule has 2 heterocycles. The summed E-state index contributed by atoms with van der Waals surface area (Å²) in [7, 11) is 1.95. The van der Waals surface area contributed by atoms with Gasteiger partial charge in [-0.25, -0.2) is 0 Å². The Labute approximate surface area is 218 Å². The van der Waals surface area contributed by atoms with Crippen LogP contribution in [0.25, 0.3) is 17.5 Å². The molecule has 0 bridgehead atoms. The average Bonchev–Trinajstić information content (AvgIpc) is 3.40. The number of rotatable bonds is 13. The van der Waals surface area contributed by atoms with Gasteiger partial charge in [-0.1, -0.05) is 72.5 Å². The zero-order valence-corrected chi connectivity index (χ0v) is 23.8. The molecule has 200 valence electrons. The van der Waals surface area contributed by atoms with Gasteiger partial charge in [-0.15, -0.1) is 0 Å². The summed E-state index contributed by atoms with van der Waals surface area (Å²) in [5, 5.41) is 11.1. The van der Waals surface area contributed by atoms with Crippen molar-refractivity contribution in [3.8, 4) is 11.4 Å². The van der Waals surface area contributed by atoms with Crippen LogP contribution < -0.4 is 5.32 Å². The Hall–Kier alpha value is -2.34. The number of unbranched alkanes of at least 4 members (excludes halogenated alkanes) is 2. The van der Waals surface area contributed by atoms with Crippen LogP contribution in [0.15, 0.2) is 12.1 Å². The van der Waals surface area contributed by atoms with Gasteiger partial charge in [-0.3, -0.25) is 9.89 Å². The van der Waals surface area contributed by atoms with Crippen molar-refractivity contribution < 1.29 is 4.79 Å². The van der Waals surface area contributed by atoms with Gasteiger partial charge >= 0.3 is 0 Å². The average molecular weight is 496 g/mol. The van der Waals surface area contributed by atoms with Crippen molar-refractivity contribution in [2.75, 3.05) is 20.1 Å². The van der Waals surface area contributed by atoms with Crippen molar-refractivity contribution >= 4 is 12.0 Å². The second-order valence-corrected chi connectivity index (χ2v) is 12.0. The highest BCUT2D eigenvalue weighted by Crippen LogP contribution is 2.32. The first-order chi connectivity index (χ1) is 17.1. The van der Waals surface area contributed by atoms with Gasteiger partial charge in [0.25, 0.3) is 0 Å². The van der Waals surface area contributed by atoms with Gasteiger partial charge in [0, 0.05) is 42.9 Å². The molecule has 1 amide bonds. The molecule has 0 radical (unpaired) electrons. The largest absolute Gasteiger partial charge is 0.356 e. The highest BCUT2D eigenvalue weighted by molar-refractivity contribution is 5.78. The van der Waals surface area contributed by atoms with Gasteiger partial charge in [-0.2, -0.15) is 5.10 Å². The summed E-state index contributed by atoms with van der Waals surface area (Å²) < 4.78 is 0. The molecule has 2 atom stereocenters. The Bertz CT molecular complexity index is 1010. The third-order valence-corrected chi connectivity index (χ3v) is 7.45. The van der Waals surface area contributed by atoms with Crippen molar-refractivity contribution in [3.63, 3.8) is 0 Å². The van der Waals surface area contributed by atoms with Crippen molar-refractivity contribution in [2.45, 2.75) is 99.0 Å². The normalized spacial score (nSPS) is 16.2. The van der Waals surface area contributed by atoms with Gasteiger partial charge in [0.15, 0.2) is 0 Å². The smallest absolute Gasteiger partial charge is 0.223 e. The fourth-order valence-corrected chi connectivity index (χ4v) is 5.11. The van der Waals surface area contributed by atoms with E-state index >= 15 is 0 Å². The highest BCUT2D eigenvalue weighted by Gasteiger charge is 2.27. The van der Waals surface area contributed by atoms with Gasteiger partial charge in [0.1, 0.15) is 5.69 Å². The van der Waals surface area contributed by atoms with Crippen molar-refractivity contribution in [1.29, 1.82) is 0 Å². The molecule has 0 aromatic carbocycles. The molecule has 1 aliphatic carbocycles. The SMILES string of the molecule is CCCCCC(C)CC(=O)N(CCNC)C1C=Cc2cc(-c3n[nH]c(C)c3CCC(C)(C)C)[nH]c2C1. The monoisotopic (exact) mass is 495 g/mol. The number of aromatic nitrogens is 3. The topological polar surface area (TPSA) is 76.8 Å². The number of nitrogens with one attached hydrogen (secondary N) is 3. The first-order valence-corrected chi connectivity index (χ1v) is 14.0. The standard InChI is InChI=1S/C30H49N5O/c1-8-9-10-11-21(2)18-28(36)35(17-16-31-7)24-13-12-23-19-27(32-26(23)20-24)29-25(22(3)33-34-29)14-15-30(4,5)6/h12-13,19,21,24,31-32H,8-11,14-18,20H2,1-7H3,(H,33,34). The fourth-order valence-electron chi connectivity index (χ4n) is 5.11. The van der Waals surface area contributed by atoms with Crippen LogP contribution in [0.3, 0.4) is 0 Å². The minimum atomic E-state index is 0.0778. The molecule has 0 spiro atoms. The lowest BCUT2D eigenvalue weighted by Crippen LogP contribution is -2.45. The van der Waals surface area contributed by atoms with Crippen LogP contribution in [0.2, 0.25) is 0 Å². The zero-order valence-electron chi connectivity index (χ0n) is 23.8. The summed E-state index contributed by atoms with van der Waals surface area (Å²) in [5.74, 6) is 0.697. The summed E-state index contributed by atoms with van der Waals surface area (Å²) in [6, 6.07) is 2.29. The number of carbonyl (C=O) groups excluding carboxylic acids is 1. The second kappa shape index (κ2) is 12.8. The molecule has 0 aliphatic heterocycles. The van der Waals surface area contributed by atoms with Gasteiger partial charge in [0.05, 0.1) is 11.7 Å². The zero-order chi connectivity index (χ0) is 26.3. The van der Waals surface area contributed by atoms with Crippen LogP contribution in [0.1, 0.15) is 95.7 Å². The summed E-state index contributed by atoms with van der Waals surface area (Å²) in [6.45, 7) is 14.9. The molecule has 0 fully saturated rings. The van der Waals surface area contributed by atoms with E-state index in [1.54, 1.807) is 0 Å². The third-order valence-electron chi connectivity index (χ3n) is 7.45. The van der Waals surface area contributed by atoms with Crippen molar-refractivity contribution in [3.05, 3.63) is 34.7 Å². The molecule has 6 nitrogen and oxygen atoms in total. The molecule has 2 aromatic heterocycles. The number of fused-ring (bicyclic) bond motifs is 1. The molecule has 3 N–H and O–H groups in total. The number of carbonyl (C=O) groups is 1. The van der Waals surface area contributed by atoms with Crippen LogP contribution >= 0.6 is 0 Å². The molecular formula is C30H49N5O. The maximum Gasteiger partial charge on any atom is 0.223 e. The Morgan fingerprint density at radius 1 is 1.31 bits per heavy atom. The predicted molar refractivity (Wildman–Crippen MR) is 151 cm³/mol. The lowest BCUT2D eigenvalue weighted by Gasteiger charge is -2.32. The van der Waals surface area contributed by atoms with E-state index in [-0.39, 0.29) is 17.4 Å². The third kappa shape index (κ3) is 7.58. The van der Waals surface area contributed by atoms with Gasteiger partial charge in [-0.05, 0) is 49.8 Å². The van der Waals surface area contributed by atoms with Crippen molar-refractivity contribution in [2.24, 2.45) is 11.3 Å². The Balaban J connectivity index is 1.74. The van der Waals surface area contributed by atoms with Crippen LogP contribution in [-0.4, -0.2) is 52.2 Å². The van der Waals surface area contributed by atoms with Crippen LogP contribution in [0.5, 0.6) is 0 Å². The van der Waals surface area contributed by atoms with E-state index in [4.69, 9.17) is 0 Å². The molecule has 2 unspecified atom stereocenters. The first kappa shape index (κ1) is 28.2. The van der Waals surface area contributed by atoms with Crippen LogP contribution in [-0.2, 0) is 17.6 Å². The number of nitrogens with zero attached hydrogens (tertiary/aromatic N) is 2. The van der Waals surface area contributed by atoms with E-state index in [1.807, 2.05) is 7.05 Å². The van der Waals surface area contributed by atoms with E-state index in [9.17, 15) is 4.79 Å². The molecule has 2 aromatic rings. The number of H-pyrrole nitrogens is 2. The predicted octanol–water partition coefficient (Wildman–Crippen LogP) is 6.28. The number of hydrogen-bond donors (Lipinski definition) is 3. The van der Waals surface area contributed by atoms with Crippen LogP contribution in [0.4, 0.5) is 0 Å².